The van der Waals surface area contributed by atoms with E-state index in [1.165, 1.54) is 0 Å². The molecule has 0 aromatic heterocycles. The molecule has 1 saturated heterocycles. The maximum Gasteiger partial charge on any atom is 0.309 e. The van der Waals surface area contributed by atoms with Crippen molar-refractivity contribution in [2.75, 3.05) is 33.3 Å². The number of hydrogen-bond acceptors (Lipinski definition) is 3. The lowest BCUT2D eigenvalue weighted by Gasteiger charge is -2.33. The lowest BCUT2D eigenvalue weighted by atomic mass is 9.97. The number of rotatable bonds is 5. The van der Waals surface area contributed by atoms with E-state index in [1.807, 2.05) is 14.0 Å². The smallest absolute Gasteiger partial charge is 0.309 e. The summed E-state index contributed by atoms with van der Waals surface area (Å²) in [6.45, 7) is 9.44. The second-order valence-electron chi connectivity index (χ2n) is 5.67. The molecule has 0 radical (unpaired) electrons. The van der Waals surface area contributed by atoms with E-state index in [0.29, 0.717) is 12.5 Å². The van der Waals surface area contributed by atoms with Crippen molar-refractivity contribution < 1.29 is 9.53 Å². The van der Waals surface area contributed by atoms with Crippen LogP contribution >= 0.6 is 24.0 Å². The molecule has 5 nitrogen and oxygen atoms in total. The second kappa shape index (κ2) is 11.1. The zero-order chi connectivity index (χ0) is 15.0. The molecule has 1 fully saturated rings. The minimum absolute atomic E-state index is 0. The summed E-state index contributed by atoms with van der Waals surface area (Å²) in [5, 5.41) is 3.40. The molecule has 1 aliphatic rings. The maximum absolute atomic E-state index is 11.7. The number of guanidine groups is 1. The molecule has 0 atom stereocenters. The molecular formula is C15H30IN3O2. The average Bonchev–Trinajstić information content (AvgIpc) is 2.44. The highest BCUT2D eigenvalue weighted by Gasteiger charge is 2.27. The Morgan fingerprint density at radius 3 is 2.48 bits per heavy atom. The molecule has 1 heterocycles. The summed E-state index contributed by atoms with van der Waals surface area (Å²) < 4.78 is 5.09. The van der Waals surface area contributed by atoms with Gasteiger partial charge in [-0.2, -0.15) is 0 Å². The van der Waals surface area contributed by atoms with Crippen LogP contribution in [0.1, 0.15) is 40.0 Å². The van der Waals surface area contributed by atoms with E-state index in [1.54, 1.807) is 0 Å². The van der Waals surface area contributed by atoms with Crippen LogP contribution < -0.4 is 5.32 Å². The molecule has 1 N–H and O–H groups in total. The first-order valence-corrected chi connectivity index (χ1v) is 7.70. The number of nitrogens with one attached hydrogen (secondary N) is 1. The number of piperidine rings is 1. The highest BCUT2D eigenvalue weighted by atomic mass is 127. The van der Waals surface area contributed by atoms with E-state index in [9.17, 15) is 4.79 Å². The van der Waals surface area contributed by atoms with Gasteiger partial charge in [-0.15, -0.1) is 24.0 Å². The van der Waals surface area contributed by atoms with Gasteiger partial charge in [0, 0.05) is 26.7 Å². The number of likely N-dealkylation sites (tertiary alicyclic amines) is 1. The van der Waals surface area contributed by atoms with Crippen molar-refractivity contribution in [3.05, 3.63) is 0 Å². The van der Waals surface area contributed by atoms with E-state index in [0.717, 1.165) is 44.9 Å². The van der Waals surface area contributed by atoms with E-state index < -0.39 is 0 Å². The van der Waals surface area contributed by atoms with Crippen molar-refractivity contribution in [3.8, 4) is 0 Å². The predicted molar refractivity (Wildman–Crippen MR) is 97.2 cm³/mol. The number of nitrogens with zero attached hydrogens (tertiary/aromatic N) is 2. The molecule has 0 aromatic carbocycles. The number of hydrogen-bond donors (Lipinski definition) is 1. The molecule has 1 rings (SSSR count). The fourth-order valence-electron chi connectivity index (χ4n) is 2.39. The van der Waals surface area contributed by atoms with Crippen LogP contribution in [-0.4, -0.2) is 50.1 Å². The SMILES string of the molecule is CCOC(=O)C1CCN(C(=NC)NCCC(C)C)CC1.I. The number of halogens is 1. The summed E-state index contributed by atoms with van der Waals surface area (Å²) >= 11 is 0. The van der Waals surface area contributed by atoms with Gasteiger partial charge in [0.05, 0.1) is 12.5 Å². The molecule has 6 heteroatoms. The molecule has 0 aromatic rings. The Kier molecular flexibility index (Phi) is 10.8. The van der Waals surface area contributed by atoms with Gasteiger partial charge < -0.3 is 15.0 Å². The summed E-state index contributed by atoms with van der Waals surface area (Å²) in [5.74, 6) is 1.65. The van der Waals surface area contributed by atoms with Gasteiger partial charge >= 0.3 is 5.97 Å². The molecule has 1 aliphatic heterocycles. The lowest BCUT2D eigenvalue weighted by Crippen LogP contribution is -2.47. The van der Waals surface area contributed by atoms with Crippen LogP contribution in [-0.2, 0) is 9.53 Å². The Bertz CT molecular complexity index is 327. The summed E-state index contributed by atoms with van der Waals surface area (Å²) in [4.78, 5) is 18.3. The fraction of sp³-hybridized carbons (Fsp3) is 0.867. The second-order valence-corrected chi connectivity index (χ2v) is 5.67. The highest BCUT2D eigenvalue weighted by molar-refractivity contribution is 14.0. The predicted octanol–water partition coefficient (Wildman–Crippen LogP) is 2.50. The summed E-state index contributed by atoms with van der Waals surface area (Å²) in [6, 6.07) is 0. The molecule has 0 spiro atoms. The van der Waals surface area contributed by atoms with Gasteiger partial charge in [-0.25, -0.2) is 0 Å². The Labute approximate surface area is 145 Å². The number of carbonyl (C=O) groups excluding carboxylic acids is 1. The van der Waals surface area contributed by atoms with Gasteiger partial charge in [0.25, 0.3) is 0 Å². The van der Waals surface area contributed by atoms with Crippen molar-refractivity contribution in [1.29, 1.82) is 0 Å². The van der Waals surface area contributed by atoms with E-state index in [2.05, 4.69) is 29.1 Å². The van der Waals surface area contributed by atoms with E-state index >= 15 is 0 Å². The molecule has 0 amide bonds. The average molecular weight is 411 g/mol. The first kappa shape index (κ1) is 20.5. The molecular weight excluding hydrogens is 381 g/mol. The van der Waals surface area contributed by atoms with Crippen LogP contribution in [0.4, 0.5) is 0 Å². The van der Waals surface area contributed by atoms with Crippen LogP contribution in [0.3, 0.4) is 0 Å². The quantitative estimate of drug-likeness (QED) is 0.327. The maximum atomic E-state index is 11.7. The Hall–Kier alpha value is -0.530. The summed E-state index contributed by atoms with van der Waals surface area (Å²) in [6.07, 6.45) is 2.84. The number of carbonyl (C=O) groups is 1. The van der Waals surface area contributed by atoms with Gasteiger partial charge in [-0.3, -0.25) is 9.79 Å². The van der Waals surface area contributed by atoms with Gasteiger partial charge in [0.1, 0.15) is 0 Å². The third kappa shape index (κ3) is 7.33. The minimum Gasteiger partial charge on any atom is -0.466 e. The molecule has 0 unspecified atom stereocenters. The number of esters is 1. The van der Waals surface area contributed by atoms with Crippen molar-refractivity contribution in [3.63, 3.8) is 0 Å². The summed E-state index contributed by atoms with van der Waals surface area (Å²) in [5.41, 5.74) is 0. The van der Waals surface area contributed by atoms with Crippen LogP contribution in [0.25, 0.3) is 0 Å². The molecule has 0 bridgehead atoms. The van der Waals surface area contributed by atoms with E-state index in [-0.39, 0.29) is 35.9 Å². The standard InChI is InChI=1S/C15H29N3O2.HI/c1-5-20-14(19)13-7-10-18(11-8-13)15(16-4)17-9-6-12(2)3;/h12-13H,5-11H2,1-4H3,(H,16,17);1H. The largest absolute Gasteiger partial charge is 0.466 e. The Morgan fingerprint density at radius 2 is 2.00 bits per heavy atom. The van der Waals surface area contributed by atoms with Crippen LogP contribution in [0.15, 0.2) is 4.99 Å². The molecule has 21 heavy (non-hydrogen) atoms. The summed E-state index contributed by atoms with van der Waals surface area (Å²) in [7, 11) is 1.81. The zero-order valence-electron chi connectivity index (χ0n) is 13.7. The Morgan fingerprint density at radius 1 is 1.38 bits per heavy atom. The van der Waals surface area contributed by atoms with Crippen molar-refractivity contribution in [1.82, 2.24) is 10.2 Å². The molecule has 124 valence electrons. The van der Waals surface area contributed by atoms with Crippen molar-refractivity contribution >= 4 is 35.9 Å². The number of ether oxygens (including phenoxy) is 1. The Balaban J connectivity index is 0.00000400. The van der Waals surface area contributed by atoms with Gasteiger partial charge in [0.15, 0.2) is 5.96 Å². The minimum atomic E-state index is -0.0464. The van der Waals surface area contributed by atoms with Gasteiger partial charge in [-0.1, -0.05) is 13.8 Å². The monoisotopic (exact) mass is 411 g/mol. The lowest BCUT2D eigenvalue weighted by molar-refractivity contribution is -0.149. The zero-order valence-corrected chi connectivity index (χ0v) is 16.1. The van der Waals surface area contributed by atoms with Crippen molar-refractivity contribution in [2.45, 2.75) is 40.0 Å². The van der Waals surface area contributed by atoms with Crippen LogP contribution in [0, 0.1) is 11.8 Å². The molecule has 0 aliphatic carbocycles. The normalized spacial score (nSPS) is 16.6. The third-order valence-corrected chi connectivity index (χ3v) is 3.63. The topological polar surface area (TPSA) is 53.9 Å². The first-order valence-electron chi connectivity index (χ1n) is 7.70. The van der Waals surface area contributed by atoms with Gasteiger partial charge in [0.2, 0.25) is 0 Å². The fourth-order valence-corrected chi connectivity index (χ4v) is 2.39. The van der Waals surface area contributed by atoms with Crippen LogP contribution in [0.2, 0.25) is 0 Å². The number of aliphatic imine (C=N–C) groups is 1. The first-order chi connectivity index (χ1) is 9.58. The molecule has 0 saturated carbocycles. The van der Waals surface area contributed by atoms with Crippen molar-refractivity contribution in [2.24, 2.45) is 16.8 Å². The van der Waals surface area contributed by atoms with E-state index in [4.69, 9.17) is 4.74 Å². The van der Waals surface area contributed by atoms with Crippen LogP contribution in [0.5, 0.6) is 0 Å². The highest BCUT2D eigenvalue weighted by Crippen LogP contribution is 2.18. The van der Waals surface area contributed by atoms with Gasteiger partial charge in [-0.05, 0) is 32.1 Å². The third-order valence-electron chi connectivity index (χ3n) is 3.63.